The first-order chi connectivity index (χ1) is 11.2. The average molecular weight is 356 g/mol. The highest BCUT2D eigenvalue weighted by Gasteiger charge is 2.58. The number of aliphatic hydroxyl groups excluding tert-OH is 7. The van der Waals surface area contributed by atoms with Gasteiger partial charge in [-0.3, -0.25) is 0 Å². The maximum atomic E-state index is 11.0. The van der Waals surface area contributed by atoms with Crippen molar-refractivity contribution in [2.24, 2.45) is 0 Å². The summed E-state index contributed by atoms with van der Waals surface area (Å²) >= 11 is 0. The van der Waals surface area contributed by atoms with Crippen LogP contribution in [0.15, 0.2) is 0 Å². The highest BCUT2D eigenvalue weighted by Crippen LogP contribution is 2.35. The number of hydrogen-bond acceptors (Lipinski definition) is 11. The normalized spacial score (nSPS) is 49.3. The molecule has 0 aliphatic carbocycles. The summed E-state index contributed by atoms with van der Waals surface area (Å²) < 4.78 is 15.0. The van der Waals surface area contributed by atoms with Crippen LogP contribution in [-0.2, 0) is 19.0 Å². The van der Waals surface area contributed by atoms with E-state index in [-0.39, 0.29) is 0 Å². The standard InChI is InChI=1S/C12H20O12/c13-1-3-4(15)9(19)12(2-14,23-3)24-11-7(18)5(16)6(17)8(22-11)10(20)21/h3-9,11,13-19H,1-2H2,(H,20,21). The topological polar surface area (TPSA) is 207 Å². The van der Waals surface area contributed by atoms with Crippen LogP contribution in [-0.4, -0.2) is 115 Å². The second-order valence-corrected chi connectivity index (χ2v) is 5.60. The van der Waals surface area contributed by atoms with Crippen LogP contribution >= 0.6 is 0 Å². The van der Waals surface area contributed by atoms with Crippen molar-refractivity contribution in [3.05, 3.63) is 0 Å². The molecule has 0 spiro atoms. The number of aliphatic carboxylic acids is 1. The summed E-state index contributed by atoms with van der Waals surface area (Å²) in [5, 5.41) is 76.4. The molecule has 2 fully saturated rings. The highest BCUT2D eigenvalue weighted by atomic mass is 16.8. The molecular formula is C12H20O12. The molecule has 0 aromatic heterocycles. The largest absolute Gasteiger partial charge is 0.479 e. The van der Waals surface area contributed by atoms with E-state index in [0.717, 1.165) is 0 Å². The number of rotatable bonds is 5. The van der Waals surface area contributed by atoms with E-state index in [2.05, 4.69) is 0 Å². The lowest BCUT2D eigenvalue weighted by Gasteiger charge is -2.42. The van der Waals surface area contributed by atoms with Crippen LogP contribution in [0.3, 0.4) is 0 Å². The number of aliphatic hydroxyl groups is 7. The fourth-order valence-electron chi connectivity index (χ4n) is 2.62. The Morgan fingerprint density at radius 3 is 2.08 bits per heavy atom. The van der Waals surface area contributed by atoms with Crippen molar-refractivity contribution >= 4 is 5.97 Å². The quantitative estimate of drug-likeness (QED) is 0.232. The minimum absolute atomic E-state index is 0.726. The van der Waals surface area contributed by atoms with E-state index in [1.807, 2.05) is 0 Å². The van der Waals surface area contributed by atoms with Crippen molar-refractivity contribution in [3.8, 4) is 0 Å². The lowest BCUT2D eigenvalue weighted by Crippen LogP contribution is -2.63. The van der Waals surface area contributed by atoms with Gasteiger partial charge in [0.1, 0.15) is 43.2 Å². The molecule has 0 aromatic rings. The number of carbonyl (C=O) groups is 1. The van der Waals surface area contributed by atoms with Gasteiger partial charge in [-0.1, -0.05) is 0 Å². The van der Waals surface area contributed by atoms with Gasteiger partial charge in [0.25, 0.3) is 0 Å². The van der Waals surface area contributed by atoms with Crippen molar-refractivity contribution in [2.45, 2.75) is 54.8 Å². The third-order valence-corrected chi connectivity index (χ3v) is 4.03. The summed E-state index contributed by atoms with van der Waals surface area (Å²) in [6.45, 7) is -1.78. The minimum Gasteiger partial charge on any atom is -0.479 e. The van der Waals surface area contributed by atoms with Crippen LogP contribution in [0.5, 0.6) is 0 Å². The van der Waals surface area contributed by atoms with Crippen molar-refractivity contribution in [1.29, 1.82) is 0 Å². The number of ether oxygens (including phenoxy) is 3. The molecule has 2 rings (SSSR count). The summed E-state index contributed by atoms with van der Waals surface area (Å²) in [6.07, 6.45) is -14.6. The zero-order valence-electron chi connectivity index (χ0n) is 12.2. The Morgan fingerprint density at radius 1 is 1.00 bits per heavy atom. The van der Waals surface area contributed by atoms with Crippen LogP contribution in [0, 0.1) is 0 Å². The highest BCUT2D eigenvalue weighted by molar-refractivity contribution is 5.73. The van der Waals surface area contributed by atoms with Gasteiger partial charge in [-0.25, -0.2) is 4.79 Å². The van der Waals surface area contributed by atoms with Gasteiger partial charge in [-0.2, -0.15) is 0 Å². The van der Waals surface area contributed by atoms with Crippen LogP contribution in [0.1, 0.15) is 0 Å². The summed E-state index contributed by atoms with van der Waals surface area (Å²) in [7, 11) is 0. The number of hydrogen-bond donors (Lipinski definition) is 8. The van der Waals surface area contributed by atoms with Gasteiger partial charge in [0.15, 0.2) is 12.4 Å². The van der Waals surface area contributed by atoms with Crippen molar-refractivity contribution in [2.75, 3.05) is 13.2 Å². The van der Waals surface area contributed by atoms with Gasteiger partial charge >= 0.3 is 5.97 Å². The molecule has 140 valence electrons. The second kappa shape index (κ2) is 7.13. The van der Waals surface area contributed by atoms with E-state index >= 15 is 0 Å². The molecule has 12 heteroatoms. The van der Waals surface area contributed by atoms with Gasteiger partial charge < -0.3 is 55.1 Å². The average Bonchev–Trinajstić information content (AvgIpc) is 2.80. The summed E-state index contributed by atoms with van der Waals surface area (Å²) in [4.78, 5) is 11.0. The van der Waals surface area contributed by atoms with Crippen LogP contribution in [0.25, 0.3) is 0 Å². The van der Waals surface area contributed by atoms with Gasteiger partial charge in [0, 0.05) is 0 Å². The maximum absolute atomic E-state index is 11.0. The number of carboxylic acids is 1. The molecule has 0 amide bonds. The Kier molecular flexibility index (Phi) is 5.76. The predicted molar refractivity (Wildman–Crippen MR) is 69.2 cm³/mol. The Balaban J connectivity index is 2.22. The zero-order valence-corrected chi connectivity index (χ0v) is 12.2. The summed E-state index contributed by atoms with van der Waals surface area (Å²) in [5.74, 6) is -4.00. The number of carboxylic acid groups (broad SMARTS) is 1. The molecule has 24 heavy (non-hydrogen) atoms. The monoisotopic (exact) mass is 356 g/mol. The molecule has 9 atom stereocenters. The summed E-state index contributed by atoms with van der Waals surface area (Å²) in [5.41, 5.74) is 0. The molecule has 2 aliphatic heterocycles. The van der Waals surface area contributed by atoms with E-state index < -0.39 is 74.0 Å². The lowest BCUT2D eigenvalue weighted by molar-refractivity contribution is -0.379. The second-order valence-electron chi connectivity index (χ2n) is 5.60. The molecule has 2 saturated heterocycles. The van der Waals surface area contributed by atoms with Crippen LogP contribution in [0.4, 0.5) is 0 Å². The molecule has 0 bridgehead atoms. The molecule has 0 radical (unpaired) electrons. The van der Waals surface area contributed by atoms with Gasteiger partial charge in [0.2, 0.25) is 5.79 Å². The molecule has 0 aromatic carbocycles. The van der Waals surface area contributed by atoms with Crippen LogP contribution < -0.4 is 0 Å². The molecule has 12 nitrogen and oxygen atoms in total. The Bertz CT molecular complexity index is 459. The first-order valence-corrected chi connectivity index (χ1v) is 7.04. The first-order valence-electron chi connectivity index (χ1n) is 7.04. The predicted octanol–water partition coefficient (Wildman–Crippen LogP) is -5.30. The fourth-order valence-corrected chi connectivity index (χ4v) is 2.62. The zero-order chi connectivity index (χ0) is 18.2. The molecule has 2 aliphatic rings. The van der Waals surface area contributed by atoms with Crippen molar-refractivity contribution < 1.29 is 59.9 Å². The third-order valence-electron chi connectivity index (χ3n) is 4.03. The smallest absolute Gasteiger partial charge is 0.335 e. The van der Waals surface area contributed by atoms with Crippen molar-refractivity contribution in [1.82, 2.24) is 0 Å². The molecule has 2 heterocycles. The molecule has 0 saturated carbocycles. The van der Waals surface area contributed by atoms with Gasteiger partial charge in [-0.15, -0.1) is 0 Å². The molecular weight excluding hydrogens is 336 g/mol. The van der Waals surface area contributed by atoms with E-state index in [9.17, 15) is 35.4 Å². The maximum Gasteiger partial charge on any atom is 0.335 e. The van der Waals surface area contributed by atoms with E-state index in [0.29, 0.717) is 0 Å². The first kappa shape index (κ1) is 19.4. The van der Waals surface area contributed by atoms with E-state index in [1.54, 1.807) is 0 Å². The molecule has 9 unspecified atom stereocenters. The third kappa shape index (κ3) is 3.13. The van der Waals surface area contributed by atoms with Crippen molar-refractivity contribution in [3.63, 3.8) is 0 Å². The van der Waals surface area contributed by atoms with E-state index in [1.165, 1.54) is 0 Å². The molecule has 8 N–H and O–H groups in total. The van der Waals surface area contributed by atoms with Gasteiger partial charge in [0.05, 0.1) is 6.61 Å². The van der Waals surface area contributed by atoms with E-state index in [4.69, 9.17) is 24.4 Å². The Labute approximate surface area is 135 Å². The Morgan fingerprint density at radius 2 is 1.62 bits per heavy atom. The minimum atomic E-state index is -2.34. The Hall–Kier alpha value is -0.930. The lowest BCUT2D eigenvalue weighted by atomic mass is 9.98. The summed E-state index contributed by atoms with van der Waals surface area (Å²) in [6, 6.07) is 0. The fraction of sp³-hybridized carbons (Fsp3) is 0.917. The van der Waals surface area contributed by atoms with Crippen LogP contribution in [0.2, 0.25) is 0 Å². The SMILES string of the molecule is O=C(O)C1OC(OC2(CO)OC(CO)C(O)C2O)C(O)C(O)C1O. The van der Waals surface area contributed by atoms with Gasteiger partial charge in [-0.05, 0) is 0 Å².